The van der Waals surface area contributed by atoms with Gasteiger partial charge in [-0.15, -0.1) is 0 Å². The molecule has 0 aliphatic heterocycles. The van der Waals surface area contributed by atoms with Crippen molar-refractivity contribution in [1.29, 1.82) is 0 Å². The number of guanidine groups is 1. The van der Waals surface area contributed by atoms with Gasteiger partial charge in [0.05, 0.1) is 6.04 Å². The van der Waals surface area contributed by atoms with E-state index in [9.17, 15) is 29.4 Å². The van der Waals surface area contributed by atoms with Crippen LogP contribution in [0.1, 0.15) is 57.9 Å². The number of rotatable bonds is 19. The molecule has 0 aliphatic carbocycles. The second-order valence-electron chi connectivity index (χ2n) is 10.0. The van der Waals surface area contributed by atoms with Crippen LogP contribution >= 0.6 is 0 Å². The third kappa shape index (κ3) is 13.3. The predicted molar refractivity (Wildman–Crippen MR) is 155 cm³/mol. The lowest BCUT2D eigenvalue weighted by molar-refractivity contribution is -0.144. The number of nitrogens with zero attached hydrogens (tertiary/aromatic N) is 1. The Hall–Kier alpha value is -3.91. The Morgan fingerprint density at radius 2 is 1.46 bits per heavy atom. The average molecular weight is 579 g/mol. The highest BCUT2D eigenvalue weighted by molar-refractivity contribution is 5.94. The van der Waals surface area contributed by atoms with Crippen molar-refractivity contribution in [3.05, 3.63) is 29.8 Å². The summed E-state index contributed by atoms with van der Waals surface area (Å²) in [7, 11) is 0. The lowest BCUT2D eigenvalue weighted by Crippen LogP contribution is -2.57. The Bertz CT molecular complexity index is 1020. The number of carbonyl (C=O) groups excluding carboxylic acids is 3. The Kier molecular flexibility index (Phi) is 15.8. The third-order valence-electron chi connectivity index (χ3n) is 6.66. The highest BCUT2D eigenvalue weighted by atomic mass is 16.4. The minimum Gasteiger partial charge on any atom is -0.508 e. The molecule has 0 saturated carbocycles. The van der Waals surface area contributed by atoms with Gasteiger partial charge < -0.3 is 49.1 Å². The van der Waals surface area contributed by atoms with Crippen LogP contribution in [0.2, 0.25) is 0 Å². The fourth-order valence-corrected chi connectivity index (χ4v) is 4.00. The molecule has 14 nitrogen and oxygen atoms in total. The first kappa shape index (κ1) is 35.1. The molecular weight excluding hydrogens is 532 g/mol. The summed E-state index contributed by atoms with van der Waals surface area (Å²) in [6.45, 7) is 4.12. The quantitative estimate of drug-likeness (QED) is 0.0551. The Morgan fingerprint density at radius 1 is 0.902 bits per heavy atom. The van der Waals surface area contributed by atoms with Crippen molar-refractivity contribution in [2.45, 2.75) is 83.0 Å². The standard InChI is InChI=1S/C27H46N8O6/c1-3-16(2)22(26(40)41)35-25(39)20(7-4-5-13-28)34-24(38)21(8-6-14-32-27(30)31)33-23(37)19(29)15-17-9-11-18(36)12-10-17/h9-12,16,19-22,36H,3-8,13-15,28-29H2,1-2H3,(H,33,37)(H,34,38)(H,35,39)(H,40,41)(H4,30,31,32). The molecule has 14 heteroatoms. The predicted octanol–water partition coefficient (Wildman–Crippen LogP) is -0.970. The zero-order valence-electron chi connectivity index (χ0n) is 23.8. The highest BCUT2D eigenvalue weighted by Crippen LogP contribution is 2.12. The second kappa shape index (κ2) is 18.4. The van der Waals surface area contributed by atoms with Gasteiger partial charge in [-0.05, 0) is 68.7 Å². The van der Waals surface area contributed by atoms with E-state index in [1.165, 1.54) is 12.1 Å². The maximum Gasteiger partial charge on any atom is 0.326 e. The fourth-order valence-electron chi connectivity index (χ4n) is 4.00. The van der Waals surface area contributed by atoms with E-state index in [1.54, 1.807) is 19.1 Å². The molecule has 0 bridgehead atoms. The molecule has 1 aromatic rings. The number of amides is 3. The maximum absolute atomic E-state index is 13.4. The smallest absolute Gasteiger partial charge is 0.326 e. The molecule has 0 saturated heterocycles. The number of aliphatic carboxylic acids is 1. The van der Waals surface area contributed by atoms with Gasteiger partial charge in [-0.2, -0.15) is 0 Å². The molecule has 41 heavy (non-hydrogen) atoms. The topological polar surface area (TPSA) is 261 Å². The Morgan fingerprint density at radius 3 is 2.00 bits per heavy atom. The molecule has 13 N–H and O–H groups in total. The van der Waals surface area contributed by atoms with Crippen LogP contribution in [0.3, 0.4) is 0 Å². The van der Waals surface area contributed by atoms with Gasteiger partial charge in [-0.1, -0.05) is 32.4 Å². The monoisotopic (exact) mass is 578 g/mol. The summed E-state index contributed by atoms with van der Waals surface area (Å²) in [6.07, 6.45) is 2.48. The number of nitrogens with one attached hydrogen (secondary N) is 3. The van der Waals surface area contributed by atoms with Crippen LogP contribution in [0.25, 0.3) is 0 Å². The zero-order valence-corrected chi connectivity index (χ0v) is 23.8. The Labute approximate surface area is 240 Å². The summed E-state index contributed by atoms with van der Waals surface area (Å²) >= 11 is 0. The van der Waals surface area contributed by atoms with Crippen molar-refractivity contribution in [1.82, 2.24) is 16.0 Å². The van der Waals surface area contributed by atoms with E-state index in [0.29, 0.717) is 37.8 Å². The minimum atomic E-state index is -1.17. The van der Waals surface area contributed by atoms with E-state index < -0.39 is 47.9 Å². The van der Waals surface area contributed by atoms with Gasteiger partial charge in [0, 0.05) is 6.54 Å². The van der Waals surface area contributed by atoms with Crippen molar-refractivity contribution >= 4 is 29.7 Å². The van der Waals surface area contributed by atoms with Crippen molar-refractivity contribution < 1.29 is 29.4 Å². The molecular formula is C27H46N8O6. The molecule has 5 unspecified atom stereocenters. The number of carboxylic acid groups (broad SMARTS) is 1. The van der Waals surface area contributed by atoms with Crippen molar-refractivity contribution in [2.24, 2.45) is 33.8 Å². The number of aromatic hydroxyl groups is 1. The molecule has 0 fully saturated rings. The number of nitrogens with two attached hydrogens (primary N) is 4. The maximum atomic E-state index is 13.4. The van der Waals surface area contributed by atoms with Crippen molar-refractivity contribution in [2.75, 3.05) is 13.1 Å². The lowest BCUT2D eigenvalue weighted by atomic mass is 9.98. The van der Waals surface area contributed by atoms with Crippen LogP contribution in [-0.2, 0) is 25.6 Å². The number of hydrogen-bond acceptors (Lipinski definition) is 8. The summed E-state index contributed by atoms with van der Waals surface area (Å²) in [5.74, 6) is -3.42. The van der Waals surface area contributed by atoms with Crippen LogP contribution in [-0.4, -0.2) is 77.1 Å². The molecule has 0 spiro atoms. The summed E-state index contributed by atoms with van der Waals surface area (Å²) < 4.78 is 0. The molecule has 3 amide bonds. The average Bonchev–Trinajstić information content (AvgIpc) is 2.92. The van der Waals surface area contributed by atoms with Gasteiger partial charge in [-0.3, -0.25) is 19.4 Å². The summed E-state index contributed by atoms with van der Waals surface area (Å²) in [5.41, 5.74) is 23.1. The second-order valence-corrected chi connectivity index (χ2v) is 10.0. The highest BCUT2D eigenvalue weighted by Gasteiger charge is 2.31. The van der Waals surface area contributed by atoms with Crippen LogP contribution in [0, 0.1) is 5.92 Å². The van der Waals surface area contributed by atoms with E-state index in [0.717, 1.165) is 0 Å². The first-order valence-corrected chi connectivity index (χ1v) is 13.8. The molecule has 1 rings (SSSR count). The van der Waals surface area contributed by atoms with Gasteiger partial charge in [-0.25, -0.2) is 4.79 Å². The Balaban J connectivity index is 3.07. The number of phenolic OH excluding ortho intramolecular Hbond substituents is 1. The van der Waals surface area contributed by atoms with Crippen molar-refractivity contribution in [3.63, 3.8) is 0 Å². The van der Waals surface area contributed by atoms with E-state index in [2.05, 4.69) is 20.9 Å². The fraction of sp³-hybridized carbons (Fsp3) is 0.593. The molecule has 230 valence electrons. The number of benzene rings is 1. The minimum absolute atomic E-state index is 0.0770. The zero-order chi connectivity index (χ0) is 30.9. The number of phenols is 1. The summed E-state index contributed by atoms with van der Waals surface area (Å²) in [4.78, 5) is 55.1. The molecule has 0 heterocycles. The normalized spacial score (nSPS) is 14.5. The van der Waals surface area contributed by atoms with E-state index in [4.69, 9.17) is 22.9 Å². The number of carbonyl (C=O) groups is 4. The van der Waals surface area contributed by atoms with Gasteiger partial charge in [0.1, 0.15) is 23.9 Å². The first-order chi connectivity index (χ1) is 19.4. The van der Waals surface area contributed by atoms with Gasteiger partial charge in [0.2, 0.25) is 17.7 Å². The lowest BCUT2D eigenvalue weighted by Gasteiger charge is -2.26. The summed E-state index contributed by atoms with van der Waals surface area (Å²) in [5, 5.41) is 26.9. The summed E-state index contributed by atoms with van der Waals surface area (Å²) in [6, 6.07) is 1.97. The molecule has 0 aliphatic rings. The van der Waals surface area contributed by atoms with Crippen molar-refractivity contribution in [3.8, 4) is 5.75 Å². The van der Waals surface area contributed by atoms with E-state index >= 15 is 0 Å². The van der Waals surface area contributed by atoms with Crippen LogP contribution in [0.15, 0.2) is 29.3 Å². The first-order valence-electron chi connectivity index (χ1n) is 13.8. The molecule has 1 aromatic carbocycles. The largest absolute Gasteiger partial charge is 0.508 e. The number of aliphatic imine (C=N–C) groups is 1. The van der Waals surface area contributed by atoms with Gasteiger partial charge >= 0.3 is 5.97 Å². The third-order valence-corrected chi connectivity index (χ3v) is 6.66. The number of carboxylic acids is 1. The van der Waals surface area contributed by atoms with Crippen LogP contribution in [0.5, 0.6) is 5.75 Å². The molecule has 0 aromatic heterocycles. The number of hydrogen-bond donors (Lipinski definition) is 9. The van der Waals surface area contributed by atoms with Crippen LogP contribution in [0.4, 0.5) is 0 Å². The number of unbranched alkanes of at least 4 members (excludes halogenated alkanes) is 1. The molecule has 0 radical (unpaired) electrons. The van der Waals surface area contributed by atoms with E-state index in [1.807, 2.05) is 6.92 Å². The molecule has 5 atom stereocenters. The van der Waals surface area contributed by atoms with Gasteiger partial charge in [0.25, 0.3) is 0 Å². The van der Waals surface area contributed by atoms with E-state index in [-0.39, 0.29) is 43.4 Å². The van der Waals surface area contributed by atoms with Crippen LogP contribution < -0.4 is 38.9 Å². The van der Waals surface area contributed by atoms with Gasteiger partial charge in [0.15, 0.2) is 5.96 Å². The SMILES string of the molecule is CCC(C)C(NC(=O)C(CCCCN)NC(=O)C(CCCN=C(N)N)NC(=O)C(N)Cc1ccc(O)cc1)C(=O)O.